The number of rotatable bonds is 3. The van der Waals surface area contributed by atoms with Crippen LogP contribution in [0.25, 0.3) is 11.1 Å². The smallest absolute Gasteiger partial charge is 0.142 e. The van der Waals surface area contributed by atoms with E-state index in [1.807, 2.05) is 6.07 Å². The first-order valence-electron chi connectivity index (χ1n) is 9.65. The summed E-state index contributed by atoms with van der Waals surface area (Å²) in [7, 11) is 0. The zero-order chi connectivity index (χ0) is 21.6. The third kappa shape index (κ3) is 3.09. The van der Waals surface area contributed by atoms with Crippen molar-refractivity contribution >= 4 is 0 Å². The Hall–Kier alpha value is -3.89. The van der Waals surface area contributed by atoms with E-state index in [1.165, 1.54) is 12.1 Å². The normalized spacial score (nSPS) is 19.7. The highest BCUT2D eigenvalue weighted by atomic mass is 19.1. The van der Waals surface area contributed by atoms with Gasteiger partial charge in [0.25, 0.3) is 0 Å². The molecule has 3 heterocycles. The van der Waals surface area contributed by atoms with Gasteiger partial charge in [-0.05, 0) is 29.3 Å². The lowest BCUT2D eigenvalue weighted by atomic mass is 9.86. The third-order valence-corrected chi connectivity index (χ3v) is 5.80. The van der Waals surface area contributed by atoms with Crippen molar-refractivity contribution in [3.63, 3.8) is 0 Å². The van der Waals surface area contributed by atoms with Crippen molar-refractivity contribution < 1.29 is 13.9 Å². The van der Waals surface area contributed by atoms with Crippen LogP contribution in [0.5, 0.6) is 0 Å². The van der Waals surface area contributed by atoms with E-state index in [-0.39, 0.29) is 12.0 Å². The van der Waals surface area contributed by atoms with E-state index in [0.717, 1.165) is 11.8 Å². The first-order chi connectivity index (χ1) is 15.0. The lowest BCUT2D eigenvalue weighted by Gasteiger charge is -2.23. The number of hydrogen-bond acceptors (Lipinski definition) is 4. The van der Waals surface area contributed by atoms with Crippen LogP contribution in [0.1, 0.15) is 34.8 Å². The lowest BCUT2D eigenvalue weighted by molar-refractivity contribution is 0.0792. The Kier molecular flexibility index (Phi) is 4.38. The fourth-order valence-corrected chi connectivity index (χ4v) is 4.26. The van der Waals surface area contributed by atoms with Gasteiger partial charge >= 0.3 is 0 Å². The summed E-state index contributed by atoms with van der Waals surface area (Å²) in [6.45, 7) is 0. The molecule has 0 radical (unpaired) electrons. The number of pyridine rings is 1. The minimum atomic E-state index is -1.37. The van der Waals surface area contributed by atoms with Gasteiger partial charge in [0.1, 0.15) is 17.2 Å². The minimum absolute atomic E-state index is 0.217. The van der Waals surface area contributed by atoms with E-state index < -0.39 is 23.3 Å². The van der Waals surface area contributed by atoms with E-state index in [1.54, 1.807) is 59.7 Å². The summed E-state index contributed by atoms with van der Waals surface area (Å²) in [6, 6.07) is 14.3. The average Bonchev–Trinajstić information content (AvgIpc) is 3.37. The minimum Gasteiger partial charge on any atom is -0.379 e. The molecule has 0 amide bonds. The molecule has 1 aliphatic rings. The molecule has 152 valence electrons. The maximum atomic E-state index is 14.7. The van der Waals surface area contributed by atoms with Crippen LogP contribution in [0.4, 0.5) is 8.78 Å². The first kappa shape index (κ1) is 19.1. The van der Waals surface area contributed by atoms with E-state index >= 15 is 0 Å². The van der Waals surface area contributed by atoms with Crippen LogP contribution in [0, 0.1) is 23.0 Å². The van der Waals surface area contributed by atoms with Gasteiger partial charge in [-0.2, -0.15) is 5.26 Å². The molecule has 2 atom stereocenters. The second-order valence-electron chi connectivity index (χ2n) is 7.58. The van der Waals surface area contributed by atoms with Gasteiger partial charge < -0.3 is 9.67 Å². The van der Waals surface area contributed by atoms with Gasteiger partial charge in [0, 0.05) is 23.7 Å². The van der Waals surface area contributed by atoms with Crippen LogP contribution in [-0.2, 0) is 5.60 Å². The van der Waals surface area contributed by atoms with E-state index in [2.05, 4.69) is 9.97 Å². The van der Waals surface area contributed by atoms with E-state index in [4.69, 9.17) is 5.26 Å². The summed E-state index contributed by atoms with van der Waals surface area (Å²) in [5.41, 5.74) is 1.83. The number of halogens is 2. The van der Waals surface area contributed by atoms with Gasteiger partial charge in [-0.25, -0.2) is 13.8 Å². The fraction of sp³-hybridized carbons (Fsp3) is 0.125. The number of imidazole rings is 1. The number of aliphatic hydroxyl groups is 1. The highest BCUT2D eigenvalue weighted by Crippen LogP contribution is 2.47. The molecule has 5 rings (SSSR count). The van der Waals surface area contributed by atoms with Crippen molar-refractivity contribution in [2.24, 2.45) is 0 Å². The molecule has 31 heavy (non-hydrogen) atoms. The van der Waals surface area contributed by atoms with Gasteiger partial charge in [0.05, 0.1) is 42.1 Å². The summed E-state index contributed by atoms with van der Waals surface area (Å²) in [5, 5.41) is 20.6. The largest absolute Gasteiger partial charge is 0.379 e. The Morgan fingerprint density at radius 1 is 1.00 bits per heavy atom. The topological polar surface area (TPSA) is 74.7 Å². The van der Waals surface area contributed by atoms with Crippen LogP contribution in [0.15, 0.2) is 73.4 Å². The maximum absolute atomic E-state index is 14.7. The summed E-state index contributed by atoms with van der Waals surface area (Å²) in [5.74, 6) is -0.922. The number of aromatic nitrogens is 3. The molecule has 5 nitrogen and oxygen atoms in total. The summed E-state index contributed by atoms with van der Waals surface area (Å²) >= 11 is 0. The molecule has 2 aromatic carbocycles. The van der Waals surface area contributed by atoms with Gasteiger partial charge in [0.2, 0.25) is 0 Å². The van der Waals surface area contributed by atoms with Crippen molar-refractivity contribution in [1.82, 2.24) is 14.5 Å². The second kappa shape index (κ2) is 7.11. The Labute approximate surface area is 176 Å². The van der Waals surface area contributed by atoms with Gasteiger partial charge in [0.15, 0.2) is 0 Å². The molecule has 0 fully saturated rings. The van der Waals surface area contributed by atoms with Crippen LogP contribution in [-0.4, -0.2) is 19.6 Å². The number of benzene rings is 2. The predicted octanol–water partition coefficient (Wildman–Crippen LogP) is 4.32. The quantitative estimate of drug-likeness (QED) is 0.542. The maximum Gasteiger partial charge on any atom is 0.142 e. The molecule has 0 unspecified atom stereocenters. The molecular weight excluding hydrogens is 398 g/mol. The lowest BCUT2D eigenvalue weighted by Crippen LogP contribution is -2.24. The first-order valence-corrected chi connectivity index (χ1v) is 9.65. The van der Waals surface area contributed by atoms with E-state index in [0.29, 0.717) is 22.4 Å². The number of fused-ring (bicyclic) bond motifs is 1. The SMILES string of the molecule is N#Cc1ccc([C@H]2C[C@](O)(c3ccc(-c4cncc(F)c4)cc3)c3cncn32)c(F)c1. The molecule has 1 aliphatic heterocycles. The zero-order valence-corrected chi connectivity index (χ0v) is 16.2. The van der Waals surface area contributed by atoms with Crippen molar-refractivity contribution in [1.29, 1.82) is 5.26 Å². The van der Waals surface area contributed by atoms with Crippen LogP contribution in [0.3, 0.4) is 0 Å². The van der Waals surface area contributed by atoms with Crippen molar-refractivity contribution in [3.8, 4) is 17.2 Å². The van der Waals surface area contributed by atoms with Gasteiger partial charge in [-0.3, -0.25) is 4.98 Å². The number of hydrogen-bond donors (Lipinski definition) is 1. The molecular formula is C24H16F2N4O. The monoisotopic (exact) mass is 414 g/mol. The molecule has 0 saturated heterocycles. The molecule has 2 aromatic heterocycles. The second-order valence-corrected chi connectivity index (χ2v) is 7.58. The highest BCUT2D eigenvalue weighted by molar-refractivity contribution is 5.63. The average molecular weight is 414 g/mol. The fourth-order valence-electron chi connectivity index (χ4n) is 4.26. The molecule has 7 heteroatoms. The van der Waals surface area contributed by atoms with Crippen molar-refractivity contribution in [2.45, 2.75) is 18.1 Å². The molecule has 0 spiro atoms. The molecule has 0 aliphatic carbocycles. The van der Waals surface area contributed by atoms with Crippen LogP contribution < -0.4 is 0 Å². The van der Waals surface area contributed by atoms with Crippen LogP contribution in [0.2, 0.25) is 0 Å². The zero-order valence-electron chi connectivity index (χ0n) is 16.2. The third-order valence-electron chi connectivity index (χ3n) is 5.80. The highest BCUT2D eigenvalue weighted by Gasteiger charge is 2.45. The van der Waals surface area contributed by atoms with Crippen LogP contribution >= 0.6 is 0 Å². The number of nitriles is 1. The Morgan fingerprint density at radius 3 is 2.52 bits per heavy atom. The standard InChI is InChI=1S/C24H16F2N4O/c25-19-8-17(11-28-12-19)16-2-4-18(5-3-16)24(31)9-22(30-14-29-13-23(24)30)20-6-1-15(10-27)7-21(20)26/h1-8,11-14,22,31H,9H2/t22-,24+/m1/s1. The Bertz CT molecular complexity index is 1330. The molecule has 1 N–H and O–H groups in total. The Morgan fingerprint density at radius 2 is 1.81 bits per heavy atom. The predicted molar refractivity (Wildman–Crippen MR) is 109 cm³/mol. The van der Waals surface area contributed by atoms with Crippen molar-refractivity contribution in [2.75, 3.05) is 0 Å². The molecule has 0 saturated carbocycles. The van der Waals surface area contributed by atoms with Gasteiger partial charge in [-0.1, -0.05) is 30.3 Å². The molecule has 4 aromatic rings. The van der Waals surface area contributed by atoms with Crippen molar-refractivity contribution in [3.05, 3.63) is 107 Å². The van der Waals surface area contributed by atoms with E-state index in [9.17, 15) is 13.9 Å². The summed E-state index contributed by atoms with van der Waals surface area (Å²) < 4.78 is 30.0. The molecule has 0 bridgehead atoms. The number of nitrogens with zero attached hydrogens (tertiary/aromatic N) is 4. The summed E-state index contributed by atoms with van der Waals surface area (Å²) in [6.07, 6.45) is 6.08. The summed E-state index contributed by atoms with van der Waals surface area (Å²) in [4.78, 5) is 8.03. The van der Waals surface area contributed by atoms with Gasteiger partial charge in [-0.15, -0.1) is 0 Å². The Balaban J connectivity index is 1.53.